The summed E-state index contributed by atoms with van der Waals surface area (Å²) in [5.41, 5.74) is 2.73. The Labute approximate surface area is 170 Å². The number of anilines is 1. The molecule has 2 aliphatic rings. The number of carbonyl (C=O) groups is 1. The van der Waals surface area contributed by atoms with E-state index >= 15 is 0 Å². The Hall–Kier alpha value is -2.99. The molecule has 2 atom stereocenters. The third kappa shape index (κ3) is 2.99. The maximum absolute atomic E-state index is 12.3. The number of hydrogen-bond donors (Lipinski definition) is 1. The van der Waals surface area contributed by atoms with Gasteiger partial charge >= 0.3 is 0 Å². The van der Waals surface area contributed by atoms with E-state index in [4.69, 9.17) is 9.97 Å². The minimum atomic E-state index is -0.0735. The summed E-state index contributed by atoms with van der Waals surface area (Å²) in [6.07, 6.45) is 8.05. The van der Waals surface area contributed by atoms with Crippen LogP contribution >= 0.6 is 15.9 Å². The smallest absolute Gasteiger partial charge is 0.240 e. The minimum absolute atomic E-state index is 0.000721. The lowest BCUT2D eigenvalue weighted by Crippen LogP contribution is -2.60. The van der Waals surface area contributed by atoms with Crippen LogP contribution < -0.4 is 10.2 Å². The Morgan fingerprint density at radius 3 is 2.71 bits per heavy atom. The molecule has 0 spiro atoms. The third-order valence-corrected chi connectivity index (χ3v) is 5.55. The van der Waals surface area contributed by atoms with E-state index in [1.54, 1.807) is 0 Å². The first-order valence-electron chi connectivity index (χ1n) is 9.13. The fourth-order valence-corrected chi connectivity index (χ4v) is 4.12. The highest BCUT2D eigenvalue weighted by Crippen LogP contribution is 2.31. The molecule has 5 rings (SSSR count). The van der Waals surface area contributed by atoms with Gasteiger partial charge in [-0.2, -0.15) is 0 Å². The molecule has 1 aliphatic carbocycles. The van der Waals surface area contributed by atoms with E-state index in [9.17, 15) is 4.79 Å². The highest BCUT2D eigenvalue weighted by Gasteiger charge is 2.34. The molecule has 2 heterocycles. The van der Waals surface area contributed by atoms with Gasteiger partial charge in [0.05, 0.1) is 23.3 Å². The van der Waals surface area contributed by atoms with Crippen LogP contribution in [0.4, 0.5) is 5.95 Å². The van der Waals surface area contributed by atoms with Gasteiger partial charge in [-0.15, -0.1) is 0 Å². The molecule has 1 amide bonds. The number of rotatable bonds is 2. The first-order valence-corrected chi connectivity index (χ1v) is 9.92. The van der Waals surface area contributed by atoms with Gasteiger partial charge in [0.15, 0.2) is 0 Å². The lowest BCUT2D eigenvalue weighted by Gasteiger charge is -2.39. The molecule has 3 aromatic rings. The number of nitrogens with zero attached hydrogens (tertiary/aromatic N) is 3. The van der Waals surface area contributed by atoms with E-state index in [0.29, 0.717) is 5.95 Å². The molecular formula is C22H17BrN4O. The summed E-state index contributed by atoms with van der Waals surface area (Å²) in [6.45, 7) is 0.232. The van der Waals surface area contributed by atoms with Crippen molar-refractivity contribution in [2.45, 2.75) is 12.1 Å². The SMILES string of the molecule is O=C1CN(c2nc(-c3ccccc3)c3cc(Br)ccc3n2)[C@H]2C=CC=C[C@H]2N1. The predicted octanol–water partition coefficient (Wildman–Crippen LogP) is 3.86. The van der Waals surface area contributed by atoms with Gasteiger partial charge in [-0.3, -0.25) is 4.79 Å². The summed E-state index contributed by atoms with van der Waals surface area (Å²) in [5.74, 6) is 0.542. The van der Waals surface area contributed by atoms with E-state index in [1.165, 1.54) is 0 Å². The number of nitrogens with one attached hydrogen (secondary N) is 1. The monoisotopic (exact) mass is 432 g/mol. The Bertz CT molecular complexity index is 1130. The molecule has 28 heavy (non-hydrogen) atoms. The van der Waals surface area contributed by atoms with Crippen LogP contribution in [0.1, 0.15) is 0 Å². The van der Waals surface area contributed by atoms with Crippen LogP contribution in [0.3, 0.4) is 0 Å². The molecule has 1 saturated heterocycles. The van der Waals surface area contributed by atoms with Crippen molar-refractivity contribution in [3.63, 3.8) is 0 Å². The van der Waals surface area contributed by atoms with Crippen molar-refractivity contribution in [2.24, 2.45) is 0 Å². The molecule has 0 saturated carbocycles. The molecule has 138 valence electrons. The largest absolute Gasteiger partial charge is 0.346 e. The van der Waals surface area contributed by atoms with Crippen molar-refractivity contribution in [1.82, 2.24) is 15.3 Å². The van der Waals surface area contributed by atoms with Crippen LogP contribution in [-0.2, 0) is 4.79 Å². The van der Waals surface area contributed by atoms with Gasteiger partial charge in [-0.05, 0) is 18.2 Å². The van der Waals surface area contributed by atoms with Crippen molar-refractivity contribution in [3.05, 3.63) is 77.3 Å². The maximum atomic E-state index is 12.3. The van der Waals surface area contributed by atoms with Crippen LogP contribution in [0.2, 0.25) is 0 Å². The van der Waals surface area contributed by atoms with Crippen LogP contribution in [0.25, 0.3) is 22.2 Å². The summed E-state index contributed by atoms with van der Waals surface area (Å²) in [4.78, 5) is 24.0. The van der Waals surface area contributed by atoms with Gasteiger partial charge in [-0.1, -0.05) is 70.6 Å². The Balaban J connectivity index is 1.70. The minimum Gasteiger partial charge on any atom is -0.346 e. The predicted molar refractivity (Wildman–Crippen MR) is 114 cm³/mol. The number of carbonyl (C=O) groups excluding carboxylic acids is 1. The first kappa shape index (κ1) is 17.1. The number of allylic oxidation sites excluding steroid dienone is 2. The lowest BCUT2D eigenvalue weighted by atomic mass is 9.99. The van der Waals surface area contributed by atoms with Crippen LogP contribution in [0.15, 0.2) is 77.3 Å². The highest BCUT2D eigenvalue weighted by molar-refractivity contribution is 9.10. The molecule has 6 heteroatoms. The highest BCUT2D eigenvalue weighted by atomic mass is 79.9. The second kappa shape index (κ2) is 6.87. The van der Waals surface area contributed by atoms with Crippen LogP contribution in [0, 0.1) is 0 Å². The third-order valence-electron chi connectivity index (χ3n) is 5.06. The molecule has 0 unspecified atom stereocenters. The van der Waals surface area contributed by atoms with Gasteiger partial charge in [0, 0.05) is 15.4 Å². The van der Waals surface area contributed by atoms with Crippen LogP contribution in [0.5, 0.6) is 0 Å². The normalized spacial score (nSPS) is 20.9. The van der Waals surface area contributed by atoms with Gasteiger partial charge in [0.25, 0.3) is 0 Å². The number of piperazine rings is 1. The van der Waals surface area contributed by atoms with Crippen molar-refractivity contribution in [1.29, 1.82) is 0 Å². The van der Waals surface area contributed by atoms with Crippen molar-refractivity contribution >= 4 is 38.7 Å². The fraction of sp³-hybridized carbons (Fsp3) is 0.136. The van der Waals surface area contributed by atoms with Gasteiger partial charge in [-0.25, -0.2) is 9.97 Å². The fourth-order valence-electron chi connectivity index (χ4n) is 3.76. The topological polar surface area (TPSA) is 58.1 Å². The summed E-state index contributed by atoms with van der Waals surface area (Å²) in [7, 11) is 0. The lowest BCUT2D eigenvalue weighted by molar-refractivity contribution is -0.121. The molecule has 2 aromatic carbocycles. The van der Waals surface area contributed by atoms with Crippen molar-refractivity contribution < 1.29 is 4.79 Å². The molecule has 1 aromatic heterocycles. The molecule has 0 radical (unpaired) electrons. The first-order chi connectivity index (χ1) is 13.7. The number of amides is 1. The number of fused-ring (bicyclic) bond motifs is 2. The average molecular weight is 433 g/mol. The summed E-state index contributed by atoms with van der Waals surface area (Å²) < 4.78 is 0.978. The zero-order chi connectivity index (χ0) is 19.1. The van der Waals surface area contributed by atoms with Gasteiger partial charge in [0.1, 0.15) is 6.54 Å². The molecule has 0 bridgehead atoms. The Morgan fingerprint density at radius 1 is 1.04 bits per heavy atom. The molecule has 1 aliphatic heterocycles. The van der Waals surface area contributed by atoms with Gasteiger partial charge < -0.3 is 10.2 Å². The van der Waals surface area contributed by atoms with E-state index in [0.717, 1.165) is 26.6 Å². The van der Waals surface area contributed by atoms with E-state index in [-0.39, 0.29) is 24.5 Å². The van der Waals surface area contributed by atoms with E-state index in [2.05, 4.69) is 27.3 Å². The quantitative estimate of drug-likeness (QED) is 0.667. The maximum Gasteiger partial charge on any atom is 0.240 e. The Morgan fingerprint density at radius 2 is 1.86 bits per heavy atom. The van der Waals surface area contributed by atoms with Crippen molar-refractivity contribution in [2.75, 3.05) is 11.4 Å². The molecule has 1 N–H and O–H groups in total. The summed E-state index contributed by atoms with van der Waals surface area (Å²) >= 11 is 3.55. The molecule has 1 fully saturated rings. The number of hydrogen-bond acceptors (Lipinski definition) is 4. The van der Waals surface area contributed by atoms with Crippen LogP contribution in [-0.4, -0.2) is 34.5 Å². The second-order valence-electron chi connectivity index (χ2n) is 6.88. The molecule has 5 nitrogen and oxygen atoms in total. The number of benzene rings is 2. The average Bonchev–Trinajstić information content (AvgIpc) is 2.73. The van der Waals surface area contributed by atoms with E-state index < -0.39 is 0 Å². The second-order valence-corrected chi connectivity index (χ2v) is 7.80. The standard InChI is InChI=1S/C22H17BrN4O/c23-15-10-11-17-16(12-15)21(14-6-2-1-3-7-14)26-22(25-17)27-13-20(28)24-18-8-4-5-9-19(18)27/h1-12,18-19H,13H2,(H,24,28)/t18-,19+/m1/s1. The van der Waals surface area contributed by atoms with Gasteiger partial charge in [0.2, 0.25) is 11.9 Å². The number of aromatic nitrogens is 2. The zero-order valence-electron chi connectivity index (χ0n) is 14.9. The van der Waals surface area contributed by atoms with Crippen molar-refractivity contribution in [3.8, 4) is 11.3 Å². The molecular weight excluding hydrogens is 416 g/mol. The zero-order valence-corrected chi connectivity index (χ0v) is 16.5. The number of halogens is 1. The van der Waals surface area contributed by atoms with E-state index in [1.807, 2.05) is 71.7 Å². The summed E-state index contributed by atoms with van der Waals surface area (Å²) in [5, 5.41) is 4.00. The summed E-state index contributed by atoms with van der Waals surface area (Å²) in [6, 6.07) is 16.0. The Kier molecular flexibility index (Phi) is 4.20.